The second kappa shape index (κ2) is 56.1. The van der Waals surface area contributed by atoms with Crippen molar-refractivity contribution in [2.45, 2.75) is 257 Å². The van der Waals surface area contributed by atoms with E-state index in [9.17, 15) is 15.0 Å². The number of nitrogens with one attached hydrogen (secondary N) is 1. The van der Waals surface area contributed by atoms with Crippen molar-refractivity contribution in [3.8, 4) is 0 Å². The van der Waals surface area contributed by atoms with E-state index >= 15 is 0 Å². The molecular formula is C62H105NO3. The highest BCUT2D eigenvalue weighted by Gasteiger charge is 2.17. The molecule has 1 amide bonds. The molecule has 0 saturated heterocycles. The fourth-order valence-corrected chi connectivity index (χ4v) is 7.73. The highest BCUT2D eigenvalue weighted by Crippen LogP contribution is 2.16. The summed E-state index contributed by atoms with van der Waals surface area (Å²) < 4.78 is 0. The van der Waals surface area contributed by atoms with Gasteiger partial charge in [-0.3, -0.25) is 4.79 Å². The van der Waals surface area contributed by atoms with Gasteiger partial charge in [-0.1, -0.05) is 264 Å². The third-order valence-corrected chi connectivity index (χ3v) is 11.9. The number of carbonyl (C=O) groups is 1. The number of amides is 1. The molecule has 0 aromatic rings. The molecule has 0 saturated carbocycles. The SMILES string of the molecule is CC/C=C\C/C=C\C/C=C\C/C=C\C/C=C\C/C=C\C/C=C\CCCC(=O)NC(CO)C(O)/C=C/CC/C=C/CC/C=C/CCCCCCCCCCCCCCCCCCCCCCC. The summed E-state index contributed by atoms with van der Waals surface area (Å²) in [5.74, 6) is -0.139. The molecule has 376 valence electrons. The molecule has 66 heavy (non-hydrogen) atoms. The van der Waals surface area contributed by atoms with Crippen LogP contribution >= 0.6 is 0 Å². The average molecular weight is 913 g/mol. The Morgan fingerprint density at radius 2 is 0.682 bits per heavy atom. The molecule has 0 fully saturated rings. The summed E-state index contributed by atoms with van der Waals surface area (Å²) in [5, 5.41) is 23.1. The maximum atomic E-state index is 12.4. The summed E-state index contributed by atoms with van der Waals surface area (Å²) >= 11 is 0. The van der Waals surface area contributed by atoms with Gasteiger partial charge in [0.15, 0.2) is 0 Å². The molecule has 3 N–H and O–H groups in total. The Morgan fingerprint density at radius 1 is 0.379 bits per heavy atom. The van der Waals surface area contributed by atoms with Crippen LogP contribution in [-0.2, 0) is 4.79 Å². The topological polar surface area (TPSA) is 69.6 Å². The van der Waals surface area contributed by atoms with Crippen LogP contribution in [0.5, 0.6) is 0 Å². The van der Waals surface area contributed by atoms with Crippen LogP contribution in [0.2, 0.25) is 0 Å². The zero-order valence-electron chi connectivity index (χ0n) is 43.2. The lowest BCUT2D eigenvalue weighted by Crippen LogP contribution is -2.45. The van der Waals surface area contributed by atoms with Gasteiger partial charge in [-0.05, 0) is 96.3 Å². The first kappa shape index (κ1) is 62.8. The molecule has 0 bridgehead atoms. The normalized spacial score (nSPS) is 13.8. The third kappa shape index (κ3) is 51.8. The van der Waals surface area contributed by atoms with Gasteiger partial charge in [0.25, 0.3) is 0 Å². The van der Waals surface area contributed by atoms with Gasteiger partial charge < -0.3 is 15.5 Å². The minimum Gasteiger partial charge on any atom is -0.394 e. The first-order valence-corrected chi connectivity index (χ1v) is 27.7. The van der Waals surface area contributed by atoms with Crippen LogP contribution in [0.3, 0.4) is 0 Å². The lowest BCUT2D eigenvalue weighted by atomic mass is 10.0. The Bertz CT molecular complexity index is 1310. The summed E-state index contributed by atoms with van der Waals surface area (Å²) in [5.41, 5.74) is 0. The van der Waals surface area contributed by atoms with Crippen molar-refractivity contribution in [1.29, 1.82) is 0 Å². The number of carbonyl (C=O) groups excluding carboxylic acids is 1. The third-order valence-electron chi connectivity index (χ3n) is 11.9. The highest BCUT2D eigenvalue weighted by atomic mass is 16.3. The molecule has 0 aliphatic carbocycles. The fraction of sp³-hybridized carbons (Fsp3) is 0.661. The van der Waals surface area contributed by atoms with E-state index in [0.717, 1.165) is 83.5 Å². The van der Waals surface area contributed by atoms with Crippen LogP contribution in [0.4, 0.5) is 0 Å². The van der Waals surface area contributed by atoms with Crippen LogP contribution in [0.15, 0.2) is 122 Å². The first-order chi connectivity index (χ1) is 32.7. The van der Waals surface area contributed by atoms with Crippen molar-refractivity contribution in [2.24, 2.45) is 0 Å². The Morgan fingerprint density at radius 3 is 1.06 bits per heavy atom. The van der Waals surface area contributed by atoms with E-state index in [2.05, 4.69) is 129 Å². The smallest absolute Gasteiger partial charge is 0.220 e. The number of aliphatic hydroxyl groups is 2. The van der Waals surface area contributed by atoms with E-state index in [1.807, 2.05) is 6.08 Å². The molecule has 0 aliphatic heterocycles. The second-order valence-corrected chi connectivity index (χ2v) is 18.2. The monoisotopic (exact) mass is 912 g/mol. The summed E-state index contributed by atoms with van der Waals surface area (Å²) in [6.45, 7) is 4.16. The largest absolute Gasteiger partial charge is 0.394 e. The summed E-state index contributed by atoms with van der Waals surface area (Å²) in [6, 6.07) is -0.687. The van der Waals surface area contributed by atoms with Crippen molar-refractivity contribution < 1.29 is 15.0 Å². The van der Waals surface area contributed by atoms with E-state index in [1.165, 1.54) is 141 Å². The van der Waals surface area contributed by atoms with Crippen LogP contribution in [0.25, 0.3) is 0 Å². The van der Waals surface area contributed by atoms with Crippen LogP contribution in [0, 0.1) is 0 Å². The van der Waals surface area contributed by atoms with Gasteiger partial charge in [0.05, 0.1) is 18.8 Å². The fourth-order valence-electron chi connectivity index (χ4n) is 7.73. The van der Waals surface area contributed by atoms with Gasteiger partial charge in [0.1, 0.15) is 0 Å². The number of rotatable bonds is 49. The van der Waals surface area contributed by atoms with Gasteiger partial charge >= 0.3 is 0 Å². The van der Waals surface area contributed by atoms with E-state index < -0.39 is 12.1 Å². The molecule has 0 spiro atoms. The quantitative estimate of drug-likeness (QED) is 0.0421. The van der Waals surface area contributed by atoms with Crippen molar-refractivity contribution in [1.82, 2.24) is 5.32 Å². The molecular weight excluding hydrogens is 807 g/mol. The van der Waals surface area contributed by atoms with Gasteiger partial charge in [-0.2, -0.15) is 0 Å². The van der Waals surface area contributed by atoms with Crippen molar-refractivity contribution in [3.63, 3.8) is 0 Å². The van der Waals surface area contributed by atoms with Gasteiger partial charge in [0.2, 0.25) is 5.91 Å². The summed E-state index contributed by atoms with van der Waals surface area (Å²) in [6.07, 6.45) is 86.5. The van der Waals surface area contributed by atoms with E-state index in [-0.39, 0.29) is 12.5 Å². The Balaban J connectivity index is 3.69. The maximum absolute atomic E-state index is 12.4. The first-order valence-electron chi connectivity index (χ1n) is 27.7. The van der Waals surface area contributed by atoms with Crippen molar-refractivity contribution in [3.05, 3.63) is 122 Å². The lowest BCUT2D eigenvalue weighted by Gasteiger charge is -2.19. The van der Waals surface area contributed by atoms with Crippen molar-refractivity contribution >= 4 is 5.91 Å². The molecule has 0 aliphatic rings. The Kier molecular flexibility index (Phi) is 53.4. The predicted octanol–water partition coefficient (Wildman–Crippen LogP) is 18.5. The molecule has 0 heterocycles. The number of allylic oxidation sites excluding steroid dienone is 19. The minimum absolute atomic E-state index is 0.139. The zero-order chi connectivity index (χ0) is 47.7. The van der Waals surface area contributed by atoms with Crippen LogP contribution in [-0.4, -0.2) is 34.9 Å². The maximum Gasteiger partial charge on any atom is 0.220 e. The molecule has 4 heteroatoms. The molecule has 0 radical (unpaired) electrons. The Labute approximate surface area is 409 Å². The number of hydrogen-bond acceptors (Lipinski definition) is 3. The Hall–Kier alpha value is -3.21. The zero-order valence-corrected chi connectivity index (χ0v) is 43.2. The summed E-state index contributed by atoms with van der Waals surface area (Å²) in [4.78, 5) is 12.4. The highest BCUT2D eigenvalue weighted by molar-refractivity contribution is 5.76. The van der Waals surface area contributed by atoms with Gasteiger partial charge in [-0.15, -0.1) is 0 Å². The molecule has 0 rings (SSSR count). The van der Waals surface area contributed by atoms with E-state index in [0.29, 0.717) is 6.42 Å². The average Bonchev–Trinajstić information content (AvgIpc) is 3.32. The minimum atomic E-state index is -0.905. The van der Waals surface area contributed by atoms with Crippen LogP contribution in [0.1, 0.15) is 245 Å². The van der Waals surface area contributed by atoms with Crippen molar-refractivity contribution in [2.75, 3.05) is 6.61 Å². The number of aliphatic hydroxyl groups excluding tert-OH is 2. The lowest BCUT2D eigenvalue weighted by molar-refractivity contribution is -0.122. The number of unbranched alkanes of at least 4 members (excludes halogenated alkanes) is 24. The van der Waals surface area contributed by atoms with E-state index in [1.54, 1.807) is 6.08 Å². The number of hydrogen-bond donors (Lipinski definition) is 3. The van der Waals surface area contributed by atoms with Gasteiger partial charge in [-0.25, -0.2) is 0 Å². The molecule has 0 aromatic heterocycles. The van der Waals surface area contributed by atoms with Gasteiger partial charge in [0, 0.05) is 6.42 Å². The molecule has 4 nitrogen and oxygen atoms in total. The molecule has 2 unspecified atom stereocenters. The van der Waals surface area contributed by atoms with E-state index in [4.69, 9.17) is 0 Å². The molecule has 0 aromatic carbocycles. The predicted molar refractivity (Wildman–Crippen MR) is 294 cm³/mol. The second-order valence-electron chi connectivity index (χ2n) is 18.2. The summed E-state index contributed by atoms with van der Waals surface area (Å²) in [7, 11) is 0. The molecule has 2 atom stereocenters. The van der Waals surface area contributed by atoms with Crippen LogP contribution < -0.4 is 5.32 Å². The standard InChI is InChI=1S/C62H105NO3/c1-3-5-7-9-11-13-15-17-19-21-23-25-27-28-29-30-31-32-33-34-36-37-39-41-43-45-47-49-51-53-55-57-61(65)60(59-64)63-62(66)58-56-54-52-50-48-46-44-42-40-38-35-26-24-22-20-18-16-14-12-10-8-6-4-2/h6,8,12,14,18,20,24,26,38-41,44,46-47,49-50,52,55,57,60-61,64-65H,3-5,7,9-11,13,15-17,19,21-23,25,27-37,42-43,45,48,51,53-54,56,58-59H2,1-2H3,(H,63,66)/b8-6-,14-12-,20-18-,26-24-,40-38-,41-39+,46-44-,49-47+,52-50-,57-55+.